The largest absolute Gasteiger partial charge is 0.299 e. The molecule has 1 aromatic rings. The van der Waals surface area contributed by atoms with Gasteiger partial charge in [-0.3, -0.25) is 5.32 Å². The van der Waals surface area contributed by atoms with Gasteiger partial charge < -0.3 is 0 Å². The molecule has 0 aliphatic rings. The summed E-state index contributed by atoms with van der Waals surface area (Å²) < 4.78 is 26.1. The number of nitrogens with one attached hydrogen (secondary N) is 1. The van der Waals surface area contributed by atoms with Crippen molar-refractivity contribution in [2.24, 2.45) is 0 Å². The number of hydrogen-bond acceptors (Lipinski definition) is 2. The fourth-order valence-electron chi connectivity index (χ4n) is 1.50. The van der Waals surface area contributed by atoms with Crippen LogP contribution in [0.5, 0.6) is 0 Å². The predicted molar refractivity (Wildman–Crippen MR) is 67.1 cm³/mol. The molecule has 0 heterocycles. The zero-order valence-corrected chi connectivity index (χ0v) is 11.1. The first kappa shape index (κ1) is 14.6. The van der Waals surface area contributed by atoms with E-state index in [-0.39, 0.29) is 5.41 Å². The summed E-state index contributed by atoms with van der Waals surface area (Å²) in [6.45, 7) is 7.88. The summed E-state index contributed by atoms with van der Waals surface area (Å²) in [4.78, 5) is 0. The van der Waals surface area contributed by atoms with Crippen LogP contribution >= 0.6 is 0 Å². The van der Waals surface area contributed by atoms with Gasteiger partial charge in [-0.2, -0.15) is 5.26 Å². The molecule has 2 nitrogen and oxygen atoms in total. The molecule has 0 aliphatic heterocycles. The van der Waals surface area contributed by atoms with Crippen LogP contribution in [-0.2, 0) is 5.41 Å². The van der Waals surface area contributed by atoms with Crippen LogP contribution in [0.15, 0.2) is 18.2 Å². The second-order valence-electron chi connectivity index (χ2n) is 5.60. The van der Waals surface area contributed by atoms with Crippen LogP contribution in [0.1, 0.15) is 33.3 Å². The zero-order chi connectivity index (χ0) is 14.0. The summed E-state index contributed by atoms with van der Waals surface area (Å²) in [5.41, 5.74) is -0.332. The molecule has 1 aromatic carbocycles. The van der Waals surface area contributed by atoms with E-state index >= 15 is 0 Å². The van der Waals surface area contributed by atoms with E-state index < -0.39 is 17.2 Å². The van der Waals surface area contributed by atoms with Gasteiger partial charge >= 0.3 is 0 Å². The molecule has 0 saturated heterocycles. The summed E-state index contributed by atoms with van der Waals surface area (Å²) in [5, 5.41) is 12.0. The van der Waals surface area contributed by atoms with Crippen molar-refractivity contribution in [1.82, 2.24) is 5.32 Å². The minimum Gasteiger partial charge on any atom is -0.299 e. The molecule has 1 rings (SSSR count). The Morgan fingerprint density at radius 3 is 2.28 bits per heavy atom. The Labute approximate surface area is 107 Å². The molecular weight excluding hydrogens is 234 g/mol. The lowest BCUT2D eigenvalue weighted by Crippen LogP contribution is -2.44. The minimum atomic E-state index is -0.847. The number of benzene rings is 1. The molecular formula is C14H18F2N2. The third-order valence-corrected chi connectivity index (χ3v) is 2.95. The van der Waals surface area contributed by atoms with Gasteiger partial charge in [0.1, 0.15) is 5.54 Å². The van der Waals surface area contributed by atoms with Gasteiger partial charge in [-0.1, -0.05) is 19.9 Å². The molecule has 4 heteroatoms. The van der Waals surface area contributed by atoms with Gasteiger partial charge in [0, 0.05) is 12.0 Å². The van der Waals surface area contributed by atoms with E-state index in [9.17, 15) is 8.78 Å². The lowest BCUT2D eigenvalue weighted by Gasteiger charge is -2.29. The Bertz CT molecular complexity index is 473. The van der Waals surface area contributed by atoms with Gasteiger partial charge in [0.05, 0.1) is 6.07 Å². The van der Waals surface area contributed by atoms with E-state index in [1.54, 1.807) is 19.9 Å². The van der Waals surface area contributed by atoms with Crippen LogP contribution in [0.2, 0.25) is 0 Å². The highest BCUT2D eigenvalue weighted by Crippen LogP contribution is 2.24. The van der Waals surface area contributed by atoms with Gasteiger partial charge in [-0.15, -0.1) is 0 Å². The van der Waals surface area contributed by atoms with Gasteiger partial charge in [0.25, 0.3) is 0 Å². The lowest BCUT2D eigenvalue weighted by molar-refractivity contribution is 0.395. The summed E-state index contributed by atoms with van der Waals surface area (Å²) in [6, 6.07) is 6.04. The first-order chi connectivity index (χ1) is 8.18. The summed E-state index contributed by atoms with van der Waals surface area (Å²) in [7, 11) is 0. The molecule has 0 radical (unpaired) electrons. The van der Waals surface area contributed by atoms with E-state index in [2.05, 4.69) is 11.4 Å². The van der Waals surface area contributed by atoms with Crippen molar-refractivity contribution < 1.29 is 8.78 Å². The van der Waals surface area contributed by atoms with E-state index in [0.717, 1.165) is 6.07 Å². The average molecular weight is 252 g/mol. The molecule has 0 aromatic heterocycles. The quantitative estimate of drug-likeness (QED) is 0.893. The maximum Gasteiger partial charge on any atom is 0.159 e. The first-order valence-corrected chi connectivity index (χ1v) is 5.80. The highest BCUT2D eigenvalue weighted by molar-refractivity contribution is 5.26. The van der Waals surface area contributed by atoms with Crippen LogP contribution in [0.4, 0.5) is 8.78 Å². The zero-order valence-electron chi connectivity index (χ0n) is 11.1. The van der Waals surface area contributed by atoms with Gasteiger partial charge in [0.2, 0.25) is 0 Å². The summed E-state index contributed by atoms with van der Waals surface area (Å²) in [6.07, 6.45) is 0. The van der Waals surface area contributed by atoms with E-state index in [4.69, 9.17) is 5.26 Å². The maximum atomic E-state index is 13.2. The van der Waals surface area contributed by atoms with Crippen molar-refractivity contribution in [2.45, 2.75) is 38.6 Å². The van der Waals surface area contributed by atoms with E-state index in [1.807, 2.05) is 13.8 Å². The highest BCUT2D eigenvalue weighted by Gasteiger charge is 2.25. The average Bonchev–Trinajstić information content (AvgIpc) is 2.30. The minimum absolute atomic E-state index is 0.386. The number of halogens is 2. The summed E-state index contributed by atoms with van der Waals surface area (Å²) >= 11 is 0. The SMILES string of the molecule is CC(C)(C#N)NCC(C)(C)c1ccc(F)c(F)c1. The number of rotatable bonds is 4. The second-order valence-corrected chi connectivity index (χ2v) is 5.60. The second kappa shape index (κ2) is 5.03. The number of nitriles is 1. The third kappa shape index (κ3) is 3.51. The normalized spacial score (nSPS) is 12.3. The van der Waals surface area contributed by atoms with Crippen LogP contribution in [0.3, 0.4) is 0 Å². The summed E-state index contributed by atoms with van der Waals surface area (Å²) in [5.74, 6) is -1.69. The Kier molecular flexibility index (Phi) is 4.08. The van der Waals surface area contributed by atoms with Crippen LogP contribution in [-0.4, -0.2) is 12.1 Å². The molecule has 0 aliphatic carbocycles. The van der Waals surface area contributed by atoms with Crippen molar-refractivity contribution in [1.29, 1.82) is 5.26 Å². The molecule has 0 fully saturated rings. The number of hydrogen-bond donors (Lipinski definition) is 1. The molecule has 0 bridgehead atoms. The number of nitrogens with zero attached hydrogens (tertiary/aromatic N) is 1. The van der Waals surface area contributed by atoms with Gasteiger partial charge in [-0.05, 0) is 31.5 Å². The van der Waals surface area contributed by atoms with E-state index in [0.29, 0.717) is 12.1 Å². The van der Waals surface area contributed by atoms with Gasteiger partial charge in [-0.25, -0.2) is 8.78 Å². The smallest absolute Gasteiger partial charge is 0.159 e. The van der Waals surface area contributed by atoms with Crippen molar-refractivity contribution in [3.63, 3.8) is 0 Å². The molecule has 0 spiro atoms. The van der Waals surface area contributed by atoms with Crippen molar-refractivity contribution in [3.8, 4) is 6.07 Å². The fraction of sp³-hybridized carbons (Fsp3) is 0.500. The molecule has 0 atom stereocenters. The van der Waals surface area contributed by atoms with E-state index in [1.165, 1.54) is 6.07 Å². The maximum absolute atomic E-state index is 13.2. The van der Waals surface area contributed by atoms with Crippen LogP contribution in [0, 0.1) is 23.0 Å². The van der Waals surface area contributed by atoms with Crippen LogP contribution < -0.4 is 5.32 Å². The molecule has 1 N–H and O–H groups in total. The molecule has 0 saturated carbocycles. The first-order valence-electron chi connectivity index (χ1n) is 5.80. The Morgan fingerprint density at radius 1 is 1.17 bits per heavy atom. The van der Waals surface area contributed by atoms with Crippen molar-refractivity contribution in [2.75, 3.05) is 6.54 Å². The molecule has 98 valence electrons. The third-order valence-electron chi connectivity index (χ3n) is 2.95. The monoisotopic (exact) mass is 252 g/mol. The van der Waals surface area contributed by atoms with Crippen molar-refractivity contribution in [3.05, 3.63) is 35.4 Å². The Balaban J connectivity index is 2.86. The standard InChI is InChI=1S/C14H18F2N2/c1-13(2,9-18-14(3,4)8-17)10-5-6-11(15)12(16)7-10/h5-7,18H,9H2,1-4H3. The lowest BCUT2D eigenvalue weighted by atomic mass is 9.84. The van der Waals surface area contributed by atoms with Gasteiger partial charge in [0.15, 0.2) is 11.6 Å². The fourth-order valence-corrected chi connectivity index (χ4v) is 1.50. The molecule has 0 amide bonds. The van der Waals surface area contributed by atoms with Crippen molar-refractivity contribution >= 4 is 0 Å². The Morgan fingerprint density at radius 2 is 1.78 bits per heavy atom. The predicted octanol–water partition coefficient (Wildman–Crippen LogP) is 3.13. The molecule has 18 heavy (non-hydrogen) atoms. The molecule has 0 unspecified atom stereocenters. The Hall–Kier alpha value is -1.47. The topological polar surface area (TPSA) is 35.8 Å². The van der Waals surface area contributed by atoms with Crippen LogP contribution in [0.25, 0.3) is 0 Å². The highest BCUT2D eigenvalue weighted by atomic mass is 19.2.